The van der Waals surface area contributed by atoms with Gasteiger partial charge in [0.2, 0.25) is 11.8 Å². The first-order valence-corrected chi connectivity index (χ1v) is 14.0. The van der Waals surface area contributed by atoms with E-state index in [1.807, 2.05) is 28.9 Å². The number of piperidine rings is 1. The predicted octanol–water partition coefficient (Wildman–Crippen LogP) is 1.80. The number of nitrogens with zero attached hydrogens (tertiary/aromatic N) is 4. The number of benzene rings is 1. The summed E-state index contributed by atoms with van der Waals surface area (Å²) in [7, 11) is 1.58. The number of nitrogens with one attached hydrogen (secondary N) is 2. The highest BCUT2D eigenvalue weighted by Gasteiger charge is 2.56. The Morgan fingerprint density at radius 2 is 1.85 bits per heavy atom. The van der Waals surface area contributed by atoms with Crippen LogP contribution in [0.15, 0.2) is 24.3 Å². The van der Waals surface area contributed by atoms with Crippen LogP contribution in [0, 0.1) is 17.2 Å². The van der Waals surface area contributed by atoms with E-state index < -0.39 is 29.8 Å². The van der Waals surface area contributed by atoms with Crippen molar-refractivity contribution in [2.75, 3.05) is 20.1 Å². The second-order valence-corrected chi connectivity index (χ2v) is 12.4. The Kier molecular flexibility index (Phi) is 7.25. The second-order valence-electron chi connectivity index (χ2n) is 12.4. The summed E-state index contributed by atoms with van der Waals surface area (Å²) in [5.74, 6) is -0.122. The van der Waals surface area contributed by atoms with Crippen molar-refractivity contribution in [3.63, 3.8) is 0 Å². The van der Waals surface area contributed by atoms with E-state index in [9.17, 15) is 24.4 Å². The molecular formula is C29H38N6O5. The molecule has 3 aliphatic heterocycles. The largest absolute Gasteiger partial charge is 0.444 e. The molecule has 0 radical (unpaired) electrons. The molecule has 1 aliphatic carbocycles. The molecule has 4 aliphatic rings. The fraction of sp³-hybridized carbons (Fsp3) is 0.621. The van der Waals surface area contributed by atoms with Crippen LogP contribution >= 0.6 is 0 Å². The van der Waals surface area contributed by atoms with Crippen LogP contribution in [0.3, 0.4) is 0 Å². The summed E-state index contributed by atoms with van der Waals surface area (Å²) < 4.78 is 5.44. The fourth-order valence-corrected chi connectivity index (χ4v) is 6.56. The number of alkyl carbamates (subject to hydrolysis) is 1. The van der Waals surface area contributed by atoms with Crippen LogP contribution < -0.4 is 10.6 Å². The minimum atomic E-state index is -0.930. The zero-order valence-electron chi connectivity index (χ0n) is 23.7. The van der Waals surface area contributed by atoms with Gasteiger partial charge < -0.3 is 25.2 Å². The quantitative estimate of drug-likeness (QED) is 0.529. The summed E-state index contributed by atoms with van der Waals surface area (Å²) in [6, 6.07) is 7.51. The molecule has 4 amide bonds. The molecule has 0 aromatic heterocycles. The molecule has 1 saturated carbocycles. The van der Waals surface area contributed by atoms with Gasteiger partial charge in [-0.3, -0.25) is 19.3 Å². The number of ether oxygens (including phenoxy) is 1. The summed E-state index contributed by atoms with van der Waals surface area (Å²) in [4.78, 5) is 57.4. The number of carbonyl (C=O) groups excluding carboxylic acids is 4. The minimum Gasteiger partial charge on any atom is -0.444 e. The van der Waals surface area contributed by atoms with E-state index in [1.54, 1.807) is 44.9 Å². The van der Waals surface area contributed by atoms with Crippen molar-refractivity contribution in [3.05, 3.63) is 35.4 Å². The van der Waals surface area contributed by atoms with Crippen LogP contribution in [0.4, 0.5) is 4.79 Å². The van der Waals surface area contributed by atoms with Gasteiger partial charge >= 0.3 is 6.09 Å². The highest BCUT2D eigenvalue weighted by atomic mass is 16.6. The molecule has 5 rings (SSSR count). The average Bonchev–Trinajstić information content (AvgIpc) is 3.23. The molecule has 4 fully saturated rings. The van der Waals surface area contributed by atoms with Crippen LogP contribution in [-0.4, -0.2) is 94.5 Å². The Morgan fingerprint density at radius 1 is 1.15 bits per heavy atom. The van der Waals surface area contributed by atoms with Gasteiger partial charge in [0, 0.05) is 37.8 Å². The minimum absolute atomic E-state index is 0.0130. The van der Waals surface area contributed by atoms with Gasteiger partial charge in [0.25, 0.3) is 5.91 Å². The molecule has 1 aromatic carbocycles. The number of hydrogen-bond acceptors (Lipinski definition) is 7. The zero-order chi connectivity index (χ0) is 28.9. The van der Waals surface area contributed by atoms with Gasteiger partial charge in [0.15, 0.2) is 0 Å². The third-order valence-corrected chi connectivity index (χ3v) is 8.53. The maximum atomic E-state index is 13.7. The summed E-state index contributed by atoms with van der Waals surface area (Å²) in [5.41, 5.74) is 0.761. The number of likely N-dealkylation sites (tertiary alicyclic amines) is 3. The molecular weight excluding hydrogens is 512 g/mol. The van der Waals surface area contributed by atoms with E-state index in [0.29, 0.717) is 30.9 Å². The standard InChI is InChI=1S/C29H38N6O5/c1-16(17-6-8-18(9-7-17)25(36)31-5)34-21-12-24(27(34)38)33(14-21)15-22(32-28(39)40-29(2,3)4)26(37)35-20(13-30)10-19-11-23(19)35/h6-9,16,19-24H,10-12,14-15H2,1-5H3,(H,31,36)(H,32,39)/t16-,19-,20+,21-,22+,23+,24-/m1/s1. The maximum absolute atomic E-state index is 13.7. The van der Waals surface area contributed by atoms with Gasteiger partial charge in [-0.1, -0.05) is 12.1 Å². The molecule has 3 saturated heterocycles. The number of amides is 4. The summed E-state index contributed by atoms with van der Waals surface area (Å²) in [5, 5.41) is 15.0. The topological polar surface area (TPSA) is 135 Å². The van der Waals surface area contributed by atoms with E-state index >= 15 is 0 Å². The molecule has 40 heavy (non-hydrogen) atoms. The van der Waals surface area contributed by atoms with Crippen LogP contribution in [0.5, 0.6) is 0 Å². The predicted molar refractivity (Wildman–Crippen MR) is 145 cm³/mol. The first-order chi connectivity index (χ1) is 18.9. The normalized spacial score (nSPS) is 28.5. The van der Waals surface area contributed by atoms with Crippen LogP contribution in [0.25, 0.3) is 0 Å². The van der Waals surface area contributed by atoms with E-state index in [4.69, 9.17) is 4.74 Å². The number of piperazine rings is 1. The first kappa shape index (κ1) is 27.9. The smallest absolute Gasteiger partial charge is 0.408 e. The number of carbonyl (C=O) groups is 4. The van der Waals surface area contributed by atoms with Gasteiger partial charge in [-0.15, -0.1) is 0 Å². The van der Waals surface area contributed by atoms with Crippen molar-refractivity contribution in [1.82, 2.24) is 25.3 Å². The second kappa shape index (κ2) is 10.4. The molecule has 2 N–H and O–H groups in total. The molecule has 0 unspecified atom stereocenters. The van der Waals surface area contributed by atoms with E-state index in [-0.39, 0.29) is 42.4 Å². The molecule has 11 heteroatoms. The summed E-state index contributed by atoms with van der Waals surface area (Å²) >= 11 is 0. The Hall–Kier alpha value is -3.65. The van der Waals surface area contributed by atoms with Crippen molar-refractivity contribution in [2.45, 2.75) is 88.8 Å². The third-order valence-electron chi connectivity index (χ3n) is 8.53. The maximum Gasteiger partial charge on any atom is 0.408 e. The van der Waals surface area contributed by atoms with Gasteiger partial charge in [-0.2, -0.15) is 5.26 Å². The number of rotatable bonds is 7. The molecule has 2 bridgehead atoms. The Balaban J connectivity index is 1.29. The lowest BCUT2D eigenvalue weighted by Gasteiger charge is -2.39. The SMILES string of the molecule is CNC(=O)c1ccc([C@@H](C)N2C(=O)[C@H]3C[C@@H]2CN3C[C@H](NC(=O)OC(C)(C)C)C(=O)N2[C@H](C#N)C[C@@H]3C[C@@H]32)cc1. The van der Waals surface area contributed by atoms with Gasteiger partial charge in [0.05, 0.1) is 18.2 Å². The molecule has 11 nitrogen and oxygen atoms in total. The van der Waals surface area contributed by atoms with Crippen LogP contribution in [0.2, 0.25) is 0 Å². The number of nitriles is 1. The lowest BCUT2D eigenvalue weighted by Crippen LogP contribution is -2.59. The Labute approximate surface area is 234 Å². The van der Waals surface area contributed by atoms with Gasteiger partial charge in [-0.05, 0) is 70.6 Å². The number of fused-ring (bicyclic) bond motifs is 3. The highest BCUT2D eigenvalue weighted by Crippen LogP contribution is 2.48. The lowest BCUT2D eigenvalue weighted by atomic mass is 10.0. The Morgan fingerprint density at radius 3 is 2.45 bits per heavy atom. The zero-order valence-corrected chi connectivity index (χ0v) is 23.7. The van der Waals surface area contributed by atoms with Crippen LogP contribution in [-0.2, 0) is 14.3 Å². The van der Waals surface area contributed by atoms with E-state index in [1.165, 1.54) is 0 Å². The monoisotopic (exact) mass is 550 g/mol. The van der Waals surface area contributed by atoms with Crippen molar-refractivity contribution in [2.24, 2.45) is 5.92 Å². The lowest BCUT2D eigenvalue weighted by molar-refractivity contribution is -0.141. The average molecular weight is 551 g/mol. The van der Waals surface area contributed by atoms with E-state index in [2.05, 4.69) is 16.7 Å². The highest BCUT2D eigenvalue weighted by molar-refractivity contribution is 5.94. The molecule has 7 atom stereocenters. The van der Waals surface area contributed by atoms with Crippen molar-refractivity contribution < 1.29 is 23.9 Å². The van der Waals surface area contributed by atoms with Crippen molar-refractivity contribution in [1.29, 1.82) is 5.26 Å². The van der Waals surface area contributed by atoms with Crippen LogP contribution in [0.1, 0.15) is 68.9 Å². The molecule has 3 heterocycles. The number of hydrogen-bond donors (Lipinski definition) is 2. The fourth-order valence-electron chi connectivity index (χ4n) is 6.56. The first-order valence-electron chi connectivity index (χ1n) is 14.0. The molecule has 214 valence electrons. The van der Waals surface area contributed by atoms with Crippen molar-refractivity contribution >= 4 is 23.8 Å². The summed E-state index contributed by atoms with van der Waals surface area (Å²) in [6.07, 6.45) is 1.49. The molecule has 1 aromatic rings. The third kappa shape index (κ3) is 5.24. The Bertz CT molecular complexity index is 1240. The van der Waals surface area contributed by atoms with E-state index in [0.717, 1.165) is 12.0 Å². The molecule has 0 spiro atoms. The van der Waals surface area contributed by atoms with Gasteiger partial charge in [0.1, 0.15) is 17.7 Å². The summed E-state index contributed by atoms with van der Waals surface area (Å²) in [6.45, 7) is 7.99. The van der Waals surface area contributed by atoms with Crippen molar-refractivity contribution in [3.8, 4) is 6.07 Å². The van der Waals surface area contributed by atoms with Gasteiger partial charge in [-0.25, -0.2) is 4.79 Å².